The molecule has 0 radical (unpaired) electrons. The zero-order valence-electron chi connectivity index (χ0n) is 63.0. The molecule has 0 bridgehead atoms. The van der Waals surface area contributed by atoms with Crippen molar-refractivity contribution in [3.63, 3.8) is 0 Å². The van der Waals surface area contributed by atoms with Crippen LogP contribution >= 0.6 is 11.8 Å². The Balaban J connectivity index is 4.51. The number of nitrogens with zero attached hydrogens (tertiary/aromatic N) is 7. The Bertz CT molecular complexity index is 2670. The molecule has 0 aromatic rings. The average molecular weight is 1390 g/mol. The third-order valence-electron chi connectivity index (χ3n) is 17.9. The second-order valence-electron chi connectivity index (χ2n) is 28.9. The standard InChI is InChI=1S/C70H123N11O15S/c1-26-28-31-45(13)59(84)58-63(88)73-48(27-2)65(90)79(22)53(39-97-33-30-29-32-55(83)96-25)54(82)38-75(18)52(37-70(16,17)95)62(87)74-56(43(9)10)68(93)76(19)49(34-40(3)4)61(86)71-46(14)60(85)72-47(15)64(89)77(20)50(35-41(5)6)66(91)78(21)51(36-42(7)8)67(92)80(23)57(44(11)12)69(94)81(58)24/h26,28,40-53,56-59,84,95H,5,27,29-39H2,1-4,6-25H3,(H3-,71,72,73,74,85,86,87,88)/p+1/b28-26+/t41?,45-,46+,47-,48+,49+,50+,51+,52+,53+,56+,57+,58+,59-/m1/s1. The number of carbonyl (C=O) groups excluding carboxylic acids is 12. The SMILES string of the molecule is [CH2+]C(C)C[C@H]1C(=O)N(C)[C@@H](CC(C)C)C(=O)N(C)[C@@H](C(C)C)C(=O)N(C)[C@@H]([C@H](O)[C@H](C)C/C=C/C)C(=O)N[C@@H](CC)C(=O)N(C)[C@@H](CSCCCCC(=O)OC)C(=O)CN(C)[C@@H](CC(C)(C)O)C(=O)N[C@@H](C(C)C)C(=O)N(C)[C@@H](CC(C)C)C(=O)N[C@@H](C)C(=O)N[C@H](C)C(=O)N1C. The van der Waals surface area contributed by atoms with E-state index in [0.29, 0.717) is 18.6 Å². The number of methoxy groups -OCH3 is 1. The van der Waals surface area contributed by atoms with Gasteiger partial charge in [0.15, 0.2) is 5.78 Å². The lowest BCUT2D eigenvalue weighted by Crippen LogP contribution is -2.64. The van der Waals surface area contributed by atoms with Crippen molar-refractivity contribution in [3.8, 4) is 0 Å². The maximum atomic E-state index is 15.4. The van der Waals surface area contributed by atoms with Crippen molar-refractivity contribution in [2.24, 2.45) is 35.5 Å². The zero-order chi connectivity index (χ0) is 75.0. The molecule has 1 aliphatic rings. The highest BCUT2D eigenvalue weighted by Gasteiger charge is 2.46. The average Bonchev–Trinajstić information content (AvgIpc) is 0.807. The molecule has 0 saturated carbocycles. The van der Waals surface area contributed by atoms with Gasteiger partial charge < -0.3 is 65.6 Å². The summed E-state index contributed by atoms with van der Waals surface area (Å²) in [4.78, 5) is 184. The van der Waals surface area contributed by atoms with Crippen LogP contribution in [0.1, 0.15) is 169 Å². The van der Waals surface area contributed by atoms with E-state index in [1.54, 1.807) is 67.5 Å². The molecule has 0 spiro atoms. The van der Waals surface area contributed by atoms with Crippen molar-refractivity contribution in [2.75, 3.05) is 74.5 Å². The smallest absolute Gasteiger partial charge is 0.305 e. The van der Waals surface area contributed by atoms with Crippen molar-refractivity contribution < 1.29 is 72.5 Å². The van der Waals surface area contributed by atoms with Gasteiger partial charge in [0.1, 0.15) is 60.4 Å². The number of thioether (sulfide) groups is 1. The first-order chi connectivity index (χ1) is 44.8. The Morgan fingerprint density at radius 3 is 1.61 bits per heavy atom. The molecule has 1 heterocycles. The van der Waals surface area contributed by atoms with Gasteiger partial charge in [-0.2, -0.15) is 11.8 Å². The highest BCUT2D eigenvalue weighted by molar-refractivity contribution is 7.99. The summed E-state index contributed by atoms with van der Waals surface area (Å²) in [5.41, 5.74) is -1.52. The molecular formula is C70H124N11O15S+. The maximum absolute atomic E-state index is 15.4. The third-order valence-corrected chi connectivity index (χ3v) is 19.1. The second kappa shape index (κ2) is 41.3. The normalized spacial score (nSPS) is 26.5. The van der Waals surface area contributed by atoms with Crippen LogP contribution in [0.4, 0.5) is 0 Å². The summed E-state index contributed by atoms with van der Waals surface area (Å²) < 4.78 is 4.80. The molecule has 1 aliphatic heterocycles. The summed E-state index contributed by atoms with van der Waals surface area (Å²) in [7, 11) is 11.2. The van der Waals surface area contributed by atoms with E-state index in [9.17, 15) is 39.0 Å². The molecule has 1 rings (SSSR count). The molecule has 0 aromatic heterocycles. The predicted octanol–water partition coefficient (Wildman–Crippen LogP) is 3.69. The van der Waals surface area contributed by atoms with Crippen LogP contribution in [0.5, 0.6) is 0 Å². The van der Waals surface area contributed by atoms with Gasteiger partial charge >= 0.3 is 5.97 Å². The van der Waals surface area contributed by atoms with Crippen molar-refractivity contribution >= 4 is 82.6 Å². The lowest BCUT2D eigenvalue weighted by molar-refractivity contribution is -0.157. The van der Waals surface area contributed by atoms with Crippen molar-refractivity contribution in [1.82, 2.24) is 55.6 Å². The number of amides is 10. The minimum Gasteiger partial charge on any atom is -0.469 e. The Kier molecular flexibility index (Phi) is 37.8. The van der Waals surface area contributed by atoms with E-state index in [4.69, 9.17) is 4.74 Å². The molecule has 26 nitrogen and oxygen atoms in total. The number of esters is 1. The summed E-state index contributed by atoms with van der Waals surface area (Å²) >= 11 is 1.33. The number of hydrogen-bond acceptors (Lipinski definition) is 17. The van der Waals surface area contributed by atoms with Crippen LogP contribution in [0.15, 0.2) is 12.2 Å². The van der Waals surface area contributed by atoms with Crippen LogP contribution in [0, 0.1) is 42.4 Å². The lowest BCUT2D eigenvalue weighted by atomic mass is 9.91. The topological polar surface area (TPSA) is 325 Å². The molecule has 0 aromatic carbocycles. The number of unbranched alkanes of at least 4 members (excludes halogenated alkanes) is 1. The first-order valence-corrected chi connectivity index (χ1v) is 35.5. The second-order valence-corrected chi connectivity index (χ2v) is 30.1. The van der Waals surface area contributed by atoms with Crippen LogP contribution in [-0.4, -0.2) is 268 Å². The molecule has 554 valence electrons. The largest absolute Gasteiger partial charge is 0.469 e. The number of aliphatic hydroxyl groups excluding tert-OH is 1. The number of carbonyl (C=O) groups is 12. The first kappa shape index (κ1) is 88.7. The van der Waals surface area contributed by atoms with Gasteiger partial charge in [0.05, 0.1) is 44.2 Å². The van der Waals surface area contributed by atoms with E-state index in [-0.39, 0.29) is 68.5 Å². The minimum absolute atomic E-state index is 0.0163. The molecule has 1 saturated heterocycles. The van der Waals surface area contributed by atoms with E-state index < -0.39 is 173 Å². The molecule has 10 amide bonds. The molecular weight excluding hydrogens is 1270 g/mol. The van der Waals surface area contributed by atoms with E-state index in [1.807, 2.05) is 27.7 Å². The molecule has 97 heavy (non-hydrogen) atoms. The lowest BCUT2D eigenvalue weighted by Gasteiger charge is -2.41. The van der Waals surface area contributed by atoms with Gasteiger partial charge in [-0.05, 0) is 122 Å². The van der Waals surface area contributed by atoms with Gasteiger partial charge in [0.25, 0.3) is 0 Å². The first-order valence-electron chi connectivity index (χ1n) is 34.4. The Morgan fingerprint density at radius 2 is 1.10 bits per heavy atom. The van der Waals surface area contributed by atoms with Crippen LogP contribution in [-0.2, 0) is 62.3 Å². The fourth-order valence-corrected chi connectivity index (χ4v) is 13.1. The van der Waals surface area contributed by atoms with Gasteiger partial charge in [0.2, 0.25) is 59.1 Å². The quantitative estimate of drug-likeness (QED) is 0.0390. The summed E-state index contributed by atoms with van der Waals surface area (Å²) in [6.07, 6.45) is 3.42. The monoisotopic (exact) mass is 1390 g/mol. The summed E-state index contributed by atoms with van der Waals surface area (Å²) in [6.45, 7) is 30.5. The summed E-state index contributed by atoms with van der Waals surface area (Å²) in [6, 6.07) is -14.3. The number of ether oxygens (including phenoxy) is 1. The minimum atomic E-state index is -1.67. The number of aliphatic hydroxyl groups is 2. The molecule has 1 fully saturated rings. The number of hydrogen-bond donors (Lipinski definition) is 6. The molecule has 0 aliphatic carbocycles. The van der Waals surface area contributed by atoms with Gasteiger partial charge in [-0.25, -0.2) is 0 Å². The highest BCUT2D eigenvalue weighted by Crippen LogP contribution is 2.27. The van der Waals surface area contributed by atoms with Crippen molar-refractivity contribution in [2.45, 2.75) is 247 Å². The predicted molar refractivity (Wildman–Crippen MR) is 377 cm³/mol. The van der Waals surface area contributed by atoms with Gasteiger partial charge in [-0.3, -0.25) is 62.4 Å². The van der Waals surface area contributed by atoms with E-state index in [2.05, 4.69) is 28.2 Å². The van der Waals surface area contributed by atoms with Crippen LogP contribution in [0.2, 0.25) is 0 Å². The van der Waals surface area contributed by atoms with E-state index in [0.717, 1.165) is 4.90 Å². The number of ketones is 1. The van der Waals surface area contributed by atoms with Crippen molar-refractivity contribution in [3.05, 3.63) is 19.1 Å². The Labute approximate surface area is 584 Å². The summed E-state index contributed by atoms with van der Waals surface area (Å²) in [5, 5.41) is 34.6. The Morgan fingerprint density at radius 1 is 0.608 bits per heavy atom. The molecule has 1 unspecified atom stereocenters. The molecule has 27 heteroatoms. The number of rotatable bonds is 22. The molecule has 14 atom stereocenters. The molecule has 6 N–H and O–H groups in total. The number of allylic oxidation sites excluding steroid dienone is 2. The van der Waals surface area contributed by atoms with Crippen molar-refractivity contribution in [1.29, 1.82) is 0 Å². The number of nitrogens with one attached hydrogen (secondary N) is 4. The Hall–Kier alpha value is -6.32. The van der Waals surface area contributed by atoms with Crippen LogP contribution in [0.3, 0.4) is 0 Å². The fourth-order valence-electron chi connectivity index (χ4n) is 11.9. The number of likely N-dealkylation sites (N-methyl/N-ethyl adjacent to an activating group) is 7. The van der Waals surface area contributed by atoms with Crippen LogP contribution in [0.25, 0.3) is 0 Å². The van der Waals surface area contributed by atoms with E-state index >= 15 is 28.8 Å². The van der Waals surface area contributed by atoms with E-state index in [1.165, 1.54) is 125 Å². The fraction of sp³-hybridized carbons (Fsp3) is 0.786. The summed E-state index contributed by atoms with van der Waals surface area (Å²) in [5.74, 6) is -10.4. The number of Topliss-reactive ketones (excluding diaryl/α,β-unsaturated/α-hetero) is 1. The maximum Gasteiger partial charge on any atom is 0.305 e. The van der Waals surface area contributed by atoms with Gasteiger partial charge in [-0.1, -0.05) is 81.4 Å². The third kappa shape index (κ3) is 27.0. The van der Waals surface area contributed by atoms with Gasteiger partial charge in [0, 0.05) is 67.3 Å². The highest BCUT2D eigenvalue weighted by atomic mass is 32.2. The zero-order valence-corrected chi connectivity index (χ0v) is 63.8. The van der Waals surface area contributed by atoms with Gasteiger partial charge in [-0.15, -0.1) is 0 Å². The van der Waals surface area contributed by atoms with Crippen LogP contribution < -0.4 is 21.3 Å².